The molecule has 0 spiro atoms. The molecule has 18 heavy (non-hydrogen) atoms. The van der Waals surface area contributed by atoms with Crippen LogP contribution in [0.4, 0.5) is 13.2 Å². The average Bonchev–Trinajstić information content (AvgIpc) is 2.41. The average molecular weight is 322 g/mol. The summed E-state index contributed by atoms with van der Waals surface area (Å²) in [6.45, 7) is 0.213. The predicted molar refractivity (Wildman–Crippen MR) is 67.8 cm³/mol. The largest absolute Gasteiger partial charge is 0.330 e. The van der Waals surface area contributed by atoms with Crippen molar-refractivity contribution in [2.75, 3.05) is 6.54 Å². The maximum atomic E-state index is 14.0. The Morgan fingerprint density at radius 2 is 1.72 bits per heavy atom. The molecule has 0 radical (unpaired) electrons. The Kier molecular flexibility index (Phi) is 4.02. The molecule has 0 aromatic heterocycles. The van der Waals surface area contributed by atoms with E-state index in [1.54, 1.807) is 0 Å². The zero-order valence-electron chi connectivity index (χ0n) is 9.91. The first-order valence-electron chi connectivity index (χ1n) is 6.05. The Morgan fingerprint density at radius 3 is 2.28 bits per heavy atom. The highest BCUT2D eigenvalue weighted by Gasteiger charge is 2.37. The van der Waals surface area contributed by atoms with Gasteiger partial charge in [0.2, 0.25) is 0 Å². The summed E-state index contributed by atoms with van der Waals surface area (Å²) < 4.78 is 40.8. The van der Waals surface area contributed by atoms with E-state index in [-0.39, 0.29) is 12.1 Å². The zero-order chi connectivity index (χ0) is 13.3. The molecule has 1 nitrogen and oxygen atoms in total. The van der Waals surface area contributed by atoms with Gasteiger partial charge in [0.25, 0.3) is 0 Å². The number of benzene rings is 1. The third-order valence-corrected chi connectivity index (χ3v) is 4.60. The van der Waals surface area contributed by atoms with Gasteiger partial charge >= 0.3 is 0 Å². The van der Waals surface area contributed by atoms with E-state index in [0.717, 1.165) is 25.3 Å². The van der Waals surface area contributed by atoms with Crippen LogP contribution >= 0.6 is 15.9 Å². The van der Waals surface area contributed by atoms with Crippen LogP contribution in [0.1, 0.15) is 37.7 Å². The van der Waals surface area contributed by atoms with E-state index in [9.17, 15) is 13.2 Å². The van der Waals surface area contributed by atoms with E-state index in [4.69, 9.17) is 5.73 Å². The van der Waals surface area contributed by atoms with E-state index in [1.807, 2.05) is 0 Å². The SMILES string of the molecule is NCC1(c2cc(F)c(Br)c(F)c2F)CCCCC1. The summed E-state index contributed by atoms with van der Waals surface area (Å²) in [6, 6.07) is 1.08. The quantitative estimate of drug-likeness (QED) is 0.646. The van der Waals surface area contributed by atoms with E-state index in [2.05, 4.69) is 15.9 Å². The van der Waals surface area contributed by atoms with Crippen molar-refractivity contribution in [3.8, 4) is 0 Å². The van der Waals surface area contributed by atoms with Crippen LogP contribution in [0, 0.1) is 17.5 Å². The number of nitrogens with two attached hydrogens (primary N) is 1. The molecule has 0 amide bonds. The van der Waals surface area contributed by atoms with Gasteiger partial charge in [-0.25, -0.2) is 13.2 Å². The van der Waals surface area contributed by atoms with E-state index in [0.29, 0.717) is 12.8 Å². The molecule has 0 atom stereocenters. The van der Waals surface area contributed by atoms with E-state index >= 15 is 0 Å². The Morgan fingerprint density at radius 1 is 1.11 bits per heavy atom. The topological polar surface area (TPSA) is 26.0 Å². The van der Waals surface area contributed by atoms with Crippen LogP contribution in [0.2, 0.25) is 0 Å². The second kappa shape index (κ2) is 5.21. The molecule has 0 unspecified atom stereocenters. The zero-order valence-corrected chi connectivity index (χ0v) is 11.5. The molecule has 0 bridgehead atoms. The van der Waals surface area contributed by atoms with Gasteiger partial charge in [0.05, 0.1) is 4.47 Å². The van der Waals surface area contributed by atoms with Crippen molar-refractivity contribution in [1.29, 1.82) is 0 Å². The minimum Gasteiger partial charge on any atom is -0.330 e. The second-order valence-electron chi connectivity index (χ2n) is 4.89. The Balaban J connectivity index is 2.55. The number of halogens is 4. The van der Waals surface area contributed by atoms with Gasteiger partial charge in [-0.15, -0.1) is 0 Å². The molecule has 0 heterocycles. The first kappa shape index (κ1) is 13.9. The van der Waals surface area contributed by atoms with Crippen molar-refractivity contribution in [1.82, 2.24) is 0 Å². The van der Waals surface area contributed by atoms with Crippen molar-refractivity contribution in [3.63, 3.8) is 0 Å². The predicted octanol–water partition coefficient (Wildman–Crippen LogP) is 4.03. The van der Waals surface area contributed by atoms with Gasteiger partial charge in [0.1, 0.15) is 5.82 Å². The molecular weight excluding hydrogens is 307 g/mol. The van der Waals surface area contributed by atoms with Crippen molar-refractivity contribution in [3.05, 3.63) is 33.6 Å². The summed E-state index contributed by atoms with van der Waals surface area (Å²) in [6.07, 6.45) is 4.25. The van der Waals surface area contributed by atoms with Gasteiger partial charge < -0.3 is 5.73 Å². The molecule has 1 aromatic carbocycles. The van der Waals surface area contributed by atoms with Crippen molar-refractivity contribution >= 4 is 15.9 Å². The molecule has 100 valence electrons. The summed E-state index contributed by atoms with van der Waals surface area (Å²) >= 11 is 2.71. The molecule has 1 aromatic rings. The molecule has 0 saturated heterocycles. The molecule has 1 saturated carbocycles. The van der Waals surface area contributed by atoms with Crippen LogP contribution in [0.5, 0.6) is 0 Å². The lowest BCUT2D eigenvalue weighted by atomic mass is 9.69. The van der Waals surface area contributed by atoms with Crippen LogP contribution in [-0.4, -0.2) is 6.54 Å². The highest BCUT2D eigenvalue weighted by molar-refractivity contribution is 9.10. The minimum atomic E-state index is -1.16. The first-order chi connectivity index (χ1) is 8.52. The standard InChI is InChI=1S/C13H15BrF3N/c14-10-9(15)6-8(11(16)12(10)17)13(7-18)4-2-1-3-5-13/h6H,1-5,7,18H2. The minimum absolute atomic E-state index is 0.0860. The molecule has 1 aliphatic carbocycles. The highest BCUT2D eigenvalue weighted by Crippen LogP contribution is 2.41. The lowest BCUT2D eigenvalue weighted by molar-refractivity contribution is 0.286. The Bertz CT molecular complexity index is 456. The van der Waals surface area contributed by atoms with Crippen LogP contribution in [0.25, 0.3) is 0 Å². The molecule has 2 rings (SSSR count). The van der Waals surface area contributed by atoms with Crippen molar-refractivity contribution < 1.29 is 13.2 Å². The number of rotatable bonds is 2. The molecular formula is C13H15BrF3N. The van der Waals surface area contributed by atoms with Crippen molar-refractivity contribution in [2.24, 2.45) is 5.73 Å². The van der Waals surface area contributed by atoms with Gasteiger partial charge in [-0.05, 0) is 34.8 Å². The normalized spacial score (nSPS) is 18.9. The molecule has 5 heteroatoms. The lowest BCUT2D eigenvalue weighted by Crippen LogP contribution is -2.38. The summed E-state index contributed by atoms with van der Waals surface area (Å²) in [5.41, 5.74) is 5.22. The lowest BCUT2D eigenvalue weighted by Gasteiger charge is -2.37. The molecule has 2 N–H and O–H groups in total. The fourth-order valence-corrected chi connectivity index (χ4v) is 3.06. The summed E-state index contributed by atoms with van der Waals surface area (Å²) in [5, 5.41) is 0. The Labute approximate surface area is 113 Å². The van der Waals surface area contributed by atoms with Crippen molar-refractivity contribution in [2.45, 2.75) is 37.5 Å². The summed E-state index contributed by atoms with van der Waals surface area (Å²) in [5.74, 6) is -2.92. The monoisotopic (exact) mass is 321 g/mol. The van der Waals surface area contributed by atoms with Gasteiger partial charge in [-0.2, -0.15) is 0 Å². The van der Waals surface area contributed by atoms with Gasteiger partial charge in [-0.1, -0.05) is 19.3 Å². The van der Waals surface area contributed by atoms with Gasteiger partial charge in [0.15, 0.2) is 11.6 Å². The smallest absolute Gasteiger partial charge is 0.176 e. The van der Waals surface area contributed by atoms with E-state index in [1.165, 1.54) is 0 Å². The van der Waals surface area contributed by atoms with Crippen LogP contribution < -0.4 is 5.73 Å². The first-order valence-corrected chi connectivity index (χ1v) is 6.85. The third-order valence-electron chi connectivity index (χ3n) is 3.88. The maximum absolute atomic E-state index is 14.0. The van der Waals surface area contributed by atoms with Gasteiger partial charge in [-0.3, -0.25) is 0 Å². The second-order valence-corrected chi connectivity index (χ2v) is 5.69. The summed E-state index contributed by atoms with van der Waals surface area (Å²) in [4.78, 5) is 0. The molecule has 1 aliphatic rings. The Hall–Kier alpha value is -0.550. The van der Waals surface area contributed by atoms with Gasteiger partial charge in [0, 0.05) is 17.5 Å². The molecule has 1 fully saturated rings. The van der Waals surface area contributed by atoms with Crippen LogP contribution in [0.15, 0.2) is 10.5 Å². The van der Waals surface area contributed by atoms with Crippen LogP contribution in [0.3, 0.4) is 0 Å². The number of hydrogen-bond donors (Lipinski definition) is 1. The van der Waals surface area contributed by atoms with Crippen LogP contribution in [-0.2, 0) is 5.41 Å². The summed E-state index contributed by atoms with van der Waals surface area (Å²) in [7, 11) is 0. The van der Waals surface area contributed by atoms with E-state index < -0.39 is 27.3 Å². The highest BCUT2D eigenvalue weighted by atomic mass is 79.9. The fraction of sp³-hybridized carbons (Fsp3) is 0.538. The number of hydrogen-bond acceptors (Lipinski definition) is 1. The maximum Gasteiger partial charge on any atom is 0.176 e. The fourth-order valence-electron chi connectivity index (χ4n) is 2.77. The molecule has 0 aliphatic heterocycles. The third kappa shape index (κ3) is 2.18.